The molecule has 4 aromatic rings. The van der Waals surface area contributed by atoms with E-state index >= 15 is 0 Å². The molecule has 0 saturated heterocycles. The van der Waals surface area contributed by atoms with E-state index in [1.165, 1.54) is 0 Å². The van der Waals surface area contributed by atoms with Crippen molar-refractivity contribution in [3.63, 3.8) is 0 Å². The second-order valence-corrected chi connectivity index (χ2v) is 7.92. The highest BCUT2D eigenvalue weighted by Gasteiger charge is 2.15. The van der Waals surface area contributed by atoms with Gasteiger partial charge in [-0.2, -0.15) is 10.4 Å². The lowest BCUT2D eigenvalue weighted by Gasteiger charge is -2.06. The van der Waals surface area contributed by atoms with Gasteiger partial charge in [0.25, 0.3) is 5.91 Å². The van der Waals surface area contributed by atoms with Crippen molar-refractivity contribution in [2.24, 2.45) is 0 Å². The number of nitrogens with zero attached hydrogens (tertiary/aromatic N) is 5. The maximum Gasteiger partial charge on any atom is 0.261 e. The molecule has 2 aromatic heterocycles. The van der Waals surface area contributed by atoms with Crippen LogP contribution in [0.2, 0.25) is 0 Å². The third-order valence-electron chi connectivity index (χ3n) is 5.36. The average Bonchev–Trinajstić information content (AvgIpc) is 3.59. The highest BCUT2D eigenvalue weighted by molar-refractivity contribution is 6.02. The average molecular weight is 479 g/mol. The van der Waals surface area contributed by atoms with Crippen molar-refractivity contribution in [2.75, 3.05) is 13.2 Å². The van der Waals surface area contributed by atoms with E-state index in [1.807, 2.05) is 77.6 Å². The molecule has 0 saturated carbocycles. The SMILES string of the molecule is C=CCOc1ccc(-c2nn(-c3ccccc3)cc2C=C(C#N)C(=O)NCCCn2ccnc2)cc1. The Labute approximate surface area is 209 Å². The molecule has 0 aliphatic rings. The van der Waals surface area contributed by atoms with E-state index in [1.54, 1.807) is 29.4 Å². The van der Waals surface area contributed by atoms with Crippen molar-refractivity contribution in [3.8, 4) is 28.8 Å². The van der Waals surface area contributed by atoms with Crippen LogP contribution in [-0.2, 0) is 11.3 Å². The largest absolute Gasteiger partial charge is 0.490 e. The quantitative estimate of drug-likeness (QED) is 0.149. The predicted octanol–water partition coefficient (Wildman–Crippen LogP) is 4.41. The zero-order valence-corrected chi connectivity index (χ0v) is 19.7. The molecule has 2 aromatic carbocycles. The molecule has 8 heteroatoms. The van der Waals surface area contributed by atoms with E-state index in [-0.39, 0.29) is 5.57 Å². The van der Waals surface area contributed by atoms with Crippen LogP contribution in [0.1, 0.15) is 12.0 Å². The summed E-state index contributed by atoms with van der Waals surface area (Å²) in [6.07, 6.45) is 11.1. The highest BCUT2D eigenvalue weighted by Crippen LogP contribution is 2.27. The van der Waals surface area contributed by atoms with E-state index in [0.29, 0.717) is 30.2 Å². The van der Waals surface area contributed by atoms with Gasteiger partial charge in [0.05, 0.1) is 17.7 Å². The van der Waals surface area contributed by atoms with Gasteiger partial charge in [-0.05, 0) is 48.9 Å². The first-order chi connectivity index (χ1) is 17.7. The van der Waals surface area contributed by atoms with Crippen LogP contribution in [0.3, 0.4) is 0 Å². The van der Waals surface area contributed by atoms with Gasteiger partial charge in [-0.1, -0.05) is 30.9 Å². The summed E-state index contributed by atoms with van der Waals surface area (Å²) in [5, 5.41) is 17.3. The van der Waals surface area contributed by atoms with Crippen molar-refractivity contribution in [1.82, 2.24) is 24.6 Å². The number of amides is 1. The van der Waals surface area contributed by atoms with Crippen molar-refractivity contribution >= 4 is 12.0 Å². The van der Waals surface area contributed by atoms with E-state index in [4.69, 9.17) is 9.84 Å². The summed E-state index contributed by atoms with van der Waals surface area (Å²) >= 11 is 0. The normalized spacial score (nSPS) is 11.0. The van der Waals surface area contributed by atoms with Crippen LogP contribution in [0.5, 0.6) is 5.75 Å². The fourth-order valence-corrected chi connectivity index (χ4v) is 3.58. The second-order valence-electron chi connectivity index (χ2n) is 7.92. The third kappa shape index (κ3) is 6.15. The van der Waals surface area contributed by atoms with Crippen LogP contribution >= 0.6 is 0 Å². The molecule has 0 aliphatic carbocycles. The fourth-order valence-electron chi connectivity index (χ4n) is 3.58. The predicted molar refractivity (Wildman–Crippen MR) is 138 cm³/mol. The van der Waals surface area contributed by atoms with E-state index in [9.17, 15) is 10.1 Å². The summed E-state index contributed by atoms with van der Waals surface area (Å²) in [6.45, 7) is 5.25. The number of hydrogen-bond donors (Lipinski definition) is 1. The number of imidazole rings is 1. The molecule has 1 N–H and O–H groups in total. The number of nitrogens with one attached hydrogen (secondary N) is 1. The van der Waals surface area contributed by atoms with Crippen LogP contribution < -0.4 is 10.1 Å². The van der Waals surface area contributed by atoms with Gasteiger partial charge in [-0.3, -0.25) is 4.79 Å². The molecule has 2 heterocycles. The topological polar surface area (TPSA) is 97.8 Å². The number of carbonyl (C=O) groups excluding carboxylic acids is 1. The Morgan fingerprint density at radius 3 is 2.67 bits per heavy atom. The van der Waals surface area contributed by atoms with Crippen LogP contribution in [-0.4, -0.2) is 38.4 Å². The van der Waals surface area contributed by atoms with Crippen LogP contribution in [0, 0.1) is 11.3 Å². The van der Waals surface area contributed by atoms with E-state index < -0.39 is 5.91 Å². The van der Waals surface area contributed by atoms with Crippen LogP contribution in [0.4, 0.5) is 0 Å². The fraction of sp³-hybridized carbons (Fsp3) is 0.143. The van der Waals surface area contributed by atoms with Crippen molar-refractivity contribution in [1.29, 1.82) is 5.26 Å². The molecule has 0 unspecified atom stereocenters. The van der Waals surface area contributed by atoms with Gasteiger partial charge in [-0.25, -0.2) is 9.67 Å². The lowest BCUT2D eigenvalue weighted by Crippen LogP contribution is -2.26. The van der Waals surface area contributed by atoms with Gasteiger partial charge in [-0.15, -0.1) is 0 Å². The summed E-state index contributed by atoms with van der Waals surface area (Å²) < 4.78 is 9.25. The van der Waals surface area contributed by atoms with Crippen molar-refractivity contribution in [3.05, 3.63) is 103 Å². The molecule has 1 amide bonds. The number of hydrogen-bond acceptors (Lipinski definition) is 5. The van der Waals surface area contributed by atoms with E-state index in [0.717, 1.165) is 24.2 Å². The number of rotatable bonds is 11. The number of nitriles is 1. The molecule has 180 valence electrons. The first kappa shape index (κ1) is 24.2. The van der Waals surface area contributed by atoms with Gasteiger partial charge in [0.1, 0.15) is 24.0 Å². The summed E-state index contributed by atoms with van der Waals surface area (Å²) in [7, 11) is 0. The molecule has 0 aliphatic heterocycles. The van der Waals surface area contributed by atoms with Crippen molar-refractivity contribution < 1.29 is 9.53 Å². The van der Waals surface area contributed by atoms with Gasteiger partial charge in [0, 0.05) is 42.8 Å². The highest BCUT2D eigenvalue weighted by atomic mass is 16.5. The lowest BCUT2D eigenvalue weighted by molar-refractivity contribution is -0.117. The minimum Gasteiger partial charge on any atom is -0.490 e. The Morgan fingerprint density at radius 1 is 1.17 bits per heavy atom. The lowest BCUT2D eigenvalue weighted by atomic mass is 10.1. The number of aryl methyl sites for hydroxylation is 1. The molecular formula is C28H26N6O2. The Bertz CT molecular complexity index is 1360. The minimum atomic E-state index is -0.422. The zero-order valence-electron chi connectivity index (χ0n) is 19.7. The minimum absolute atomic E-state index is 0.0115. The number of aromatic nitrogens is 4. The Balaban J connectivity index is 1.58. The summed E-state index contributed by atoms with van der Waals surface area (Å²) in [6, 6.07) is 19.2. The number of benzene rings is 2. The molecule has 4 rings (SSSR count). The van der Waals surface area contributed by atoms with Gasteiger partial charge >= 0.3 is 0 Å². The molecule has 0 spiro atoms. The molecule has 0 bridgehead atoms. The summed E-state index contributed by atoms with van der Waals surface area (Å²) in [5.41, 5.74) is 3.02. The third-order valence-corrected chi connectivity index (χ3v) is 5.36. The maximum absolute atomic E-state index is 12.7. The molecule has 8 nitrogen and oxygen atoms in total. The smallest absolute Gasteiger partial charge is 0.261 e. The number of ether oxygens (including phenoxy) is 1. The van der Waals surface area contributed by atoms with E-state index in [2.05, 4.69) is 16.9 Å². The van der Waals surface area contributed by atoms with Crippen molar-refractivity contribution in [2.45, 2.75) is 13.0 Å². The van der Waals surface area contributed by atoms with Gasteiger partial charge in [0.2, 0.25) is 0 Å². The summed E-state index contributed by atoms with van der Waals surface area (Å²) in [4.78, 5) is 16.7. The first-order valence-electron chi connectivity index (χ1n) is 11.5. The molecular weight excluding hydrogens is 452 g/mol. The zero-order chi connectivity index (χ0) is 25.2. The molecule has 0 atom stereocenters. The molecule has 0 radical (unpaired) electrons. The monoisotopic (exact) mass is 478 g/mol. The Kier molecular flexibility index (Phi) is 8.07. The summed E-state index contributed by atoms with van der Waals surface area (Å²) in [5.74, 6) is 0.292. The molecule has 36 heavy (non-hydrogen) atoms. The maximum atomic E-state index is 12.7. The number of para-hydroxylation sites is 1. The van der Waals surface area contributed by atoms with Gasteiger partial charge < -0.3 is 14.6 Å². The Hall–Kier alpha value is -4.90. The first-order valence-corrected chi connectivity index (χ1v) is 11.5. The van der Waals surface area contributed by atoms with Crippen LogP contribution in [0.25, 0.3) is 23.0 Å². The standard InChI is InChI=1S/C28H26N6O2/c1-2-17-36-26-11-9-22(10-12-26)27-24(20-34(32-27)25-7-4-3-5-8-25)18-23(19-29)28(35)31-13-6-15-33-16-14-30-21-33/h2-5,7-12,14,16,18,20-21H,1,6,13,15,17H2,(H,31,35). The van der Waals surface area contributed by atoms with Gasteiger partial charge in [0.15, 0.2) is 0 Å². The number of carbonyl (C=O) groups is 1. The Morgan fingerprint density at radius 2 is 1.97 bits per heavy atom. The molecule has 0 fully saturated rings. The second kappa shape index (κ2) is 12.0. The van der Waals surface area contributed by atoms with Crippen LogP contribution in [0.15, 0.2) is 97.7 Å².